The molecule has 0 amide bonds. The first-order chi connectivity index (χ1) is 19.8. The number of rotatable bonds is 8. The number of thiophene rings is 1. The largest absolute Gasteiger partial charge is 0.478 e. The molecule has 41 heavy (non-hydrogen) atoms. The van der Waals surface area contributed by atoms with E-state index in [-0.39, 0.29) is 11.0 Å². The predicted octanol–water partition coefficient (Wildman–Crippen LogP) is 6.71. The van der Waals surface area contributed by atoms with Gasteiger partial charge in [-0.25, -0.2) is 9.78 Å². The number of anilines is 1. The number of carboxylic acid groups (broad SMARTS) is 1. The molecule has 1 aromatic carbocycles. The lowest BCUT2D eigenvalue weighted by Gasteiger charge is -2.39. The van der Waals surface area contributed by atoms with E-state index >= 15 is 0 Å². The normalized spacial score (nSPS) is 17.7. The van der Waals surface area contributed by atoms with Crippen LogP contribution in [-0.2, 0) is 0 Å². The number of pyridine rings is 1. The van der Waals surface area contributed by atoms with Gasteiger partial charge in [0.05, 0.1) is 6.20 Å². The quantitative estimate of drug-likeness (QED) is 0.227. The second-order valence-corrected chi connectivity index (χ2v) is 12.6. The standard InChI is InChI=1S/C32H34N4O4S/c1-32(2)7-5-23(27(16-32)29-13-21(19-37)20-41-29)18-35-9-11-36(12-10-35)24-3-4-26(31(38)39)28(15-24)40-25-14-22-6-8-33-30(22)34-17-25/h3-4,6,8,13-15,17,19-20H,5,7,9-12,16,18H2,1-2H3,(H,33,34)(H,38,39). The van der Waals surface area contributed by atoms with E-state index in [1.54, 1.807) is 23.6 Å². The molecule has 0 spiro atoms. The lowest BCUT2D eigenvalue weighted by atomic mass is 9.73. The van der Waals surface area contributed by atoms with Gasteiger partial charge in [0.1, 0.15) is 22.7 Å². The SMILES string of the molecule is CC1(C)CCC(CN2CCN(c3ccc(C(=O)O)c(Oc4cnc5[nH]ccc5c4)c3)CC2)=C(c2cc(C=O)cs2)C1. The maximum atomic E-state index is 11.9. The van der Waals surface area contributed by atoms with Gasteiger partial charge in [0.25, 0.3) is 0 Å². The maximum absolute atomic E-state index is 11.9. The molecular weight excluding hydrogens is 536 g/mol. The van der Waals surface area contributed by atoms with Gasteiger partial charge in [-0.05, 0) is 60.6 Å². The third-order valence-electron chi connectivity index (χ3n) is 8.19. The number of aromatic nitrogens is 2. The van der Waals surface area contributed by atoms with E-state index in [1.807, 2.05) is 41.9 Å². The van der Waals surface area contributed by atoms with Gasteiger partial charge in [0.15, 0.2) is 6.29 Å². The fourth-order valence-corrected chi connectivity index (χ4v) is 6.79. The van der Waals surface area contributed by atoms with Gasteiger partial charge in [0, 0.05) is 71.9 Å². The summed E-state index contributed by atoms with van der Waals surface area (Å²) < 4.78 is 6.06. The van der Waals surface area contributed by atoms with Gasteiger partial charge in [-0.3, -0.25) is 9.69 Å². The average Bonchev–Trinajstić information content (AvgIpc) is 3.64. The van der Waals surface area contributed by atoms with Gasteiger partial charge in [0.2, 0.25) is 0 Å². The number of aromatic carboxylic acids is 1. The number of nitrogens with zero attached hydrogens (tertiary/aromatic N) is 3. The zero-order valence-electron chi connectivity index (χ0n) is 23.4. The van der Waals surface area contributed by atoms with Crippen molar-refractivity contribution in [3.05, 3.63) is 75.7 Å². The Morgan fingerprint density at radius 3 is 2.76 bits per heavy atom. The Morgan fingerprint density at radius 2 is 2.00 bits per heavy atom. The van der Waals surface area contributed by atoms with Gasteiger partial charge in [-0.2, -0.15) is 0 Å². The first-order valence-electron chi connectivity index (χ1n) is 14.0. The Kier molecular flexibility index (Phi) is 7.40. The fraction of sp³-hybridized carbons (Fsp3) is 0.344. The number of carbonyl (C=O) groups excluding carboxylic acids is 1. The summed E-state index contributed by atoms with van der Waals surface area (Å²) in [5.41, 5.74) is 5.74. The molecule has 3 aromatic heterocycles. The molecule has 6 rings (SSSR count). The summed E-state index contributed by atoms with van der Waals surface area (Å²) in [6, 6.07) is 11.1. The number of ether oxygens (including phenoxy) is 1. The van der Waals surface area contributed by atoms with Crippen molar-refractivity contribution in [1.29, 1.82) is 0 Å². The van der Waals surface area contributed by atoms with Crippen molar-refractivity contribution in [2.45, 2.75) is 33.1 Å². The number of allylic oxidation sites excluding steroid dienone is 1. The summed E-state index contributed by atoms with van der Waals surface area (Å²) in [4.78, 5) is 36.7. The van der Waals surface area contributed by atoms with Crippen molar-refractivity contribution in [3.63, 3.8) is 0 Å². The van der Waals surface area contributed by atoms with Crippen molar-refractivity contribution in [3.8, 4) is 11.5 Å². The molecule has 0 unspecified atom stereocenters. The number of fused-ring (bicyclic) bond motifs is 1. The van der Waals surface area contributed by atoms with Crippen molar-refractivity contribution < 1.29 is 19.4 Å². The van der Waals surface area contributed by atoms with Crippen LogP contribution in [0.25, 0.3) is 16.6 Å². The summed E-state index contributed by atoms with van der Waals surface area (Å²) >= 11 is 1.68. The highest BCUT2D eigenvalue weighted by Crippen LogP contribution is 2.44. The molecule has 212 valence electrons. The second-order valence-electron chi connectivity index (χ2n) is 11.7. The van der Waals surface area contributed by atoms with Crippen LogP contribution >= 0.6 is 11.3 Å². The Morgan fingerprint density at radius 1 is 1.17 bits per heavy atom. The van der Waals surface area contributed by atoms with Gasteiger partial charge in [-0.15, -0.1) is 11.3 Å². The van der Waals surface area contributed by atoms with Crippen molar-refractivity contribution >= 4 is 45.9 Å². The zero-order chi connectivity index (χ0) is 28.6. The number of hydrogen-bond acceptors (Lipinski definition) is 7. The maximum Gasteiger partial charge on any atom is 0.339 e. The molecule has 1 aliphatic heterocycles. The minimum Gasteiger partial charge on any atom is -0.478 e. The van der Waals surface area contributed by atoms with E-state index < -0.39 is 5.97 Å². The minimum absolute atomic E-state index is 0.118. The molecule has 2 N–H and O–H groups in total. The summed E-state index contributed by atoms with van der Waals surface area (Å²) in [6.07, 6.45) is 7.63. The molecule has 1 fully saturated rings. The molecule has 0 bridgehead atoms. The number of aromatic amines is 1. The Balaban J connectivity index is 1.17. The number of benzene rings is 1. The molecular formula is C32H34N4O4S. The highest BCUT2D eigenvalue weighted by atomic mass is 32.1. The monoisotopic (exact) mass is 570 g/mol. The molecule has 9 heteroatoms. The molecule has 0 saturated carbocycles. The molecule has 2 aliphatic rings. The van der Waals surface area contributed by atoms with E-state index in [2.05, 4.69) is 33.6 Å². The predicted molar refractivity (Wildman–Crippen MR) is 162 cm³/mol. The van der Waals surface area contributed by atoms with Crippen LogP contribution in [0.1, 0.15) is 58.7 Å². The fourth-order valence-electron chi connectivity index (χ4n) is 5.84. The molecule has 0 radical (unpaired) electrons. The van der Waals surface area contributed by atoms with Crippen LogP contribution in [0.5, 0.6) is 11.5 Å². The molecule has 8 nitrogen and oxygen atoms in total. The van der Waals surface area contributed by atoms with E-state index in [0.29, 0.717) is 11.5 Å². The van der Waals surface area contributed by atoms with Crippen molar-refractivity contribution in [2.24, 2.45) is 5.41 Å². The average molecular weight is 571 g/mol. The summed E-state index contributed by atoms with van der Waals surface area (Å²) in [7, 11) is 0. The summed E-state index contributed by atoms with van der Waals surface area (Å²) in [5, 5.41) is 12.6. The first-order valence-corrected chi connectivity index (χ1v) is 14.9. The van der Waals surface area contributed by atoms with Gasteiger partial charge >= 0.3 is 5.97 Å². The summed E-state index contributed by atoms with van der Waals surface area (Å²) in [5.74, 6) is -0.232. The number of carboxylic acids is 1. The van der Waals surface area contributed by atoms with Crippen molar-refractivity contribution in [1.82, 2.24) is 14.9 Å². The lowest BCUT2D eigenvalue weighted by molar-refractivity contribution is 0.0694. The van der Waals surface area contributed by atoms with Gasteiger partial charge in [-0.1, -0.05) is 19.4 Å². The van der Waals surface area contributed by atoms with Crippen LogP contribution in [0.4, 0.5) is 5.69 Å². The number of aldehydes is 1. The number of H-pyrrole nitrogens is 1. The van der Waals surface area contributed by atoms with Crippen LogP contribution in [0.3, 0.4) is 0 Å². The molecule has 4 heterocycles. The zero-order valence-corrected chi connectivity index (χ0v) is 24.2. The van der Waals surface area contributed by atoms with Crippen LogP contribution in [-0.4, -0.2) is 65.0 Å². The third-order valence-corrected chi connectivity index (χ3v) is 9.20. The van der Waals surface area contributed by atoms with Crippen LogP contribution in [0.15, 0.2) is 59.7 Å². The number of nitrogens with one attached hydrogen (secondary N) is 1. The Hall–Kier alpha value is -3.95. The van der Waals surface area contributed by atoms with E-state index in [4.69, 9.17) is 4.74 Å². The third kappa shape index (κ3) is 5.92. The van der Waals surface area contributed by atoms with Crippen LogP contribution in [0.2, 0.25) is 0 Å². The first kappa shape index (κ1) is 27.2. The summed E-state index contributed by atoms with van der Waals surface area (Å²) in [6.45, 7) is 9.11. The minimum atomic E-state index is -1.03. The highest BCUT2D eigenvalue weighted by Gasteiger charge is 2.30. The lowest BCUT2D eigenvalue weighted by Crippen LogP contribution is -2.47. The van der Waals surface area contributed by atoms with E-state index in [9.17, 15) is 14.7 Å². The molecule has 0 atom stereocenters. The second kappa shape index (κ2) is 11.1. The van der Waals surface area contributed by atoms with Gasteiger partial charge < -0.3 is 19.7 Å². The number of carbonyl (C=O) groups is 2. The molecule has 1 aliphatic carbocycles. The number of hydrogen-bond donors (Lipinski definition) is 2. The van der Waals surface area contributed by atoms with E-state index in [0.717, 1.165) is 74.1 Å². The topological polar surface area (TPSA) is 98.8 Å². The molecule has 1 saturated heterocycles. The molecule has 4 aromatic rings. The highest BCUT2D eigenvalue weighted by molar-refractivity contribution is 7.11. The Bertz CT molecular complexity index is 1630. The van der Waals surface area contributed by atoms with E-state index in [1.165, 1.54) is 22.4 Å². The number of piperazine rings is 1. The Labute approximate surface area is 243 Å². The van der Waals surface area contributed by atoms with Crippen LogP contribution in [0, 0.1) is 5.41 Å². The van der Waals surface area contributed by atoms with Crippen molar-refractivity contribution in [2.75, 3.05) is 37.6 Å². The smallest absolute Gasteiger partial charge is 0.339 e. The van der Waals surface area contributed by atoms with Crippen LogP contribution < -0.4 is 9.64 Å².